The second-order valence-corrected chi connectivity index (χ2v) is 5.48. The third kappa shape index (κ3) is 2.61. The van der Waals surface area contributed by atoms with Crippen LogP contribution in [0.1, 0.15) is 11.1 Å². The molecular formula is C15H17N3O4. The molecule has 1 aromatic rings. The molecule has 7 heteroatoms. The number of hydrogen-bond donors (Lipinski definition) is 1. The lowest BCUT2D eigenvalue weighted by molar-refractivity contribution is -0.124. The van der Waals surface area contributed by atoms with Gasteiger partial charge >= 0.3 is 6.09 Å². The first kappa shape index (κ1) is 14.4. The summed E-state index contributed by atoms with van der Waals surface area (Å²) in [6, 6.07) is 5.72. The number of amides is 3. The number of ether oxygens (including phenoxy) is 1. The minimum Gasteiger partial charge on any atom is -0.434 e. The van der Waals surface area contributed by atoms with Crippen LogP contribution in [0.3, 0.4) is 0 Å². The Kier molecular flexibility index (Phi) is 3.70. The number of fused-ring (bicyclic) bond motifs is 1. The number of nitrogens with two attached hydrogens (primary N) is 1. The van der Waals surface area contributed by atoms with Gasteiger partial charge in [-0.1, -0.05) is 6.07 Å². The predicted molar refractivity (Wildman–Crippen MR) is 78.3 cm³/mol. The molecule has 7 nitrogen and oxygen atoms in total. The molecule has 3 amide bonds. The molecule has 0 aliphatic carbocycles. The Labute approximate surface area is 127 Å². The van der Waals surface area contributed by atoms with Crippen molar-refractivity contribution in [2.24, 2.45) is 5.73 Å². The van der Waals surface area contributed by atoms with Gasteiger partial charge in [-0.15, -0.1) is 0 Å². The Balaban J connectivity index is 1.82. The topological polar surface area (TPSA) is 92.9 Å². The van der Waals surface area contributed by atoms with Crippen molar-refractivity contribution in [3.05, 3.63) is 29.3 Å². The van der Waals surface area contributed by atoms with Gasteiger partial charge < -0.3 is 15.4 Å². The van der Waals surface area contributed by atoms with Crippen LogP contribution in [0.15, 0.2) is 18.2 Å². The summed E-state index contributed by atoms with van der Waals surface area (Å²) in [6.07, 6.45) is 0.929. The number of carbonyl (C=O) groups excluding carboxylic acids is 3. The van der Waals surface area contributed by atoms with Crippen LogP contribution >= 0.6 is 0 Å². The van der Waals surface area contributed by atoms with Gasteiger partial charge in [-0.05, 0) is 36.1 Å². The van der Waals surface area contributed by atoms with Crippen molar-refractivity contribution in [3.8, 4) is 0 Å². The largest absolute Gasteiger partial charge is 0.434 e. The zero-order chi connectivity index (χ0) is 15.7. The molecule has 0 aromatic heterocycles. The van der Waals surface area contributed by atoms with Crippen LogP contribution in [0, 0.1) is 0 Å². The van der Waals surface area contributed by atoms with Crippen molar-refractivity contribution in [2.45, 2.75) is 18.9 Å². The van der Waals surface area contributed by atoms with Crippen molar-refractivity contribution >= 4 is 24.1 Å². The van der Waals surface area contributed by atoms with Crippen LogP contribution in [-0.2, 0) is 27.2 Å². The molecular weight excluding hydrogens is 286 g/mol. The summed E-state index contributed by atoms with van der Waals surface area (Å²) in [5, 5.41) is 0. The number of cyclic esters (lactones) is 1. The average molecular weight is 303 g/mol. The highest BCUT2D eigenvalue weighted by Gasteiger charge is 2.36. The molecule has 1 atom stereocenters. The molecule has 1 aromatic carbocycles. The molecule has 1 fully saturated rings. The summed E-state index contributed by atoms with van der Waals surface area (Å²) in [5.74, 6) is -0.646. The van der Waals surface area contributed by atoms with E-state index in [9.17, 15) is 14.4 Å². The van der Waals surface area contributed by atoms with Crippen molar-refractivity contribution in [1.29, 1.82) is 0 Å². The lowest BCUT2D eigenvalue weighted by Gasteiger charge is -2.15. The molecule has 2 aliphatic rings. The highest BCUT2D eigenvalue weighted by atomic mass is 16.6. The number of benzene rings is 1. The first-order valence-electron chi connectivity index (χ1n) is 7.17. The molecule has 22 heavy (non-hydrogen) atoms. The van der Waals surface area contributed by atoms with E-state index in [2.05, 4.69) is 0 Å². The molecule has 2 aliphatic heterocycles. The molecule has 0 unspecified atom stereocenters. The van der Waals surface area contributed by atoms with Gasteiger partial charge in [0, 0.05) is 18.8 Å². The number of hydrogen-bond acceptors (Lipinski definition) is 4. The molecule has 3 rings (SSSR count). The Hall–Kier alpha value is -2.57. The second-order valence-electron chi connectivity index (χ2n) is 5.48. The fraction of sp³-hybridized carbons (Fsp3) is 0.400. The van der Waals surface area contributed by atoms with E-state index < -0.39 is 18.1 Å². The maximum absolute atomic E-state index is 11.9. The standard InChI is InChI=1S/C15H17N3O4/c16-14(20)13-8-18(15(21)22-13)12-2-1-10-3-5-17(9-19)6-4-11(10)7-12/h1-2,7,9,13H,3-6,8H2,(H2,16,20)/t13-/m1/s1. The highest BCUT2D eigenvalue weighted by molar-refractivity contribution is 5.95. The van der Waals surface area contributed by atoms with E-state index in [1.54, 1.807) is 4.90 Å². The van der Waals surface area contributed by atoms with Crippen molar-refractivity contribution < 1.29 is 19.1 Å². The summed E-state index contributed by atoms with van der Waals surface area (Å²) in [6.45, 7) is 1.49. The molecule has 0 bridgehead atoms. The summed E-state index contributed by atoms with van der Waals surface area (Å²) in [7, 11) is 0. The van der Waals surface area contributed by atoms with Crippen molar-refractivity contribution in [2.75, 3.05) is 24.5 Å². The SMILES string of the molecule is NC(=O)[C@H]1CN(c2ccc3c(c2)CCN(C=O)CC3)C(=O)O1. The first-order valence-corrected chi connectivity index (χ1v) is 7.17. The van der Waals surface area contributed by atoms with Gasteiger partial charge in [0.25, 0.3) is 5.91 Å². The van der Waals surface area contributed by atoms with Gasteiger partial charge in [0.05, 0.1) is 6.54 Å². The van der Waals surface area contributed by atoms with Crippen LogP contribution in [-0.4, -0.2) is 49.0 Å². The van der Waals surface area contributed by atoms with Gasteiger partial charge in [0.2, 0.25) is 6.41 Å². The van der Waals surface area contributed by atoms with E-state index in [0.717, 1.165) is 24.8 Å². The second kappa shape index (κ2) is 5.67. The number of carbonyl (C=O) groups is 3. The van der Waals surface area contributed by atoms with Gasteiger partial charge in [-0.3, -0.25) is 14.5 Å². The van der Waals surface area contributed by atoms with E-state index in [1.807, 2.05) is 18.2 Å². The van der Waals surface area contributed by atoms with Crippen LogP contribution in [0.25, 0.3) is 0 Å². The zero-order valence-corrected chi connectivity index (χ0v) is 12.0. The summed E-state index contributed by atoms with van der Waals surface area (Å²) in [5.41, 5.74) is 8.15. The quantitative estimate of drug-likeness (QED) is 0.799. The lowest BCUT2D eigenvalue weighted by Crippen LogP contribution is -2.32. The normalized spacial score (nSPS) is 21.1. The van der Waals surface area contributed by atoms with Crippen molar-refractivity contribution in [3.63, 3.8) is 0 Å². The van der Waals surface area contributed by atoms with E-state index in [4.69, 9.17) is 10.5 Å². The van der Waals surface area contributed by atoms with Crippen LogP contribution in [0.2, 0.25) is 0 Å². The Bertz CT molecular complexity index is 631. The number of nitrogens with zero attached hydrogens (tertiary/aromatic N) is 2. The third-order valence-corrected chi connectivity index (χ3v) is 4.12. The lowest BCUT2D eigenvalue weighted by atomic mass is 10.0. The fourth-order valence-electron chi connectivity index (χ4n) is 2.82. The number of rotatable bonds is 3. The van der Waals surface area contributed by atoms with Gasteiger partial charge in [-0.2, -0.15) is 0 Å². The maximum Gasteiger partial charge on any atom is 0.415 e. The maximum atomic E-state index is 11.9. The van der Waals surface area contributed by atoms with Gasteiger partial charge in [-0.25, -0.2) is 4.79 Å². The van der Waals surface area contributed by atoms with E-state index in [0.29, 0.717) is 18.8 Å². The fourth-order valence-corrected chi connectivity index (χ4v) is 2.82. The molecule has 0 saturated carbocycles. The minimum atomic E-state index is -0.906. The van der Waals surface area contributed by atoms with Gasteiger partial charge in [0.15, 0.2) is 6.10 Å². The Morgan fingerprint density at radius 1 is 1.27 bits per heavy atom. The predicted octanol–water partition coefficient (Wildman–Crippen LogP) is 0.0541. The van der Waals surface area contributed by atoms with Crippen LogP contribution in [0.4, 0.5) is 10.5 Å². The van der Waals surface area contributed by atoms with Crippen LogP contribution in [0.5, 0.6) is 0 Å². The zero-order valence-electron chi connectivity index (χ0n) is 12.0. The Morgan fingerprint density at radius 3 is 2.64 bits per heavy atom. The summed E-state index contributed by atoms with van der Waals surface area (Å²) >= 11 is 0. The molecule has 0 radical (unpaired) electrons. The summed E-state index contributed by atoms with van der Waals surface area (Å²) in [4.78, 5) is 37.1. The molecule has 1 saturated heterocycles. The van der Waals surface area contributed by atoms with Crippen LogP contribution < -0.4 is 10.6 Å². The molecule has 116 valence electrons. The van der Waals surface area contributed by atoms with Gasteiger partial charge in [0.1, 0.15) is 0 Å². The van der Waals surface area contributed by atoms with E-state index in [1.165, 1.54) is 10.5 Å². The van der Waals surface area contributed by atoms with E-state index >= 15 is 0 Å². The monoisotopic (exact) mass is 303 g/mol. The Morgan fingerprint density at radius 2 is 2.00 bits per heavy atom. The van der Waals surface area contributed by atoms with Crippen molar-refractivity contribution in [1.82, 2.24) is 4.90 Å². The third-order valence-electron chi connectivity index (χ3n) is 4.12. The molecule has 2 heterocycles. The molecule has 2 N–H and O–H groups in total. The highest BCUT2D eigenvalue weighted by Crippen LogP contribution is 2.26. The smallest absolute Gasteiger partial charge is 0.415 e. The minimum absolute atomic E-state index is 0.132. The van der Waals surface area contributed by atoms with E-state index in [-0.39, 0.29) is 6.54 Å². The molecule has 0 spiro atoms. The number of primary amides is 1. The number of anilines is 1. The first-order chi connectivity index (χ1) is 10.6. The summed E-state index contributed by atoms with van der Waals surface area (Å²) < 4.78 is 4.95. The average Bonchev–Trinajstić information content (AvgIpc) is 2.78.